The fourth-order valence-electron chi connectivity index (χ4n) is 1.53. The molecule has 0 fully saturated rings. The second kappa shape index (κ2) is 9.48. The van der Waals surface area contributed by atoms with Crippen molar-refractivity contribution in [3.8, 4) is 0 Å². The van der Waals surface area contributed by atoms with Crippen molar-refractivity contribution in [2.75, 3.05) is 24.7 Å². The van der Waals surface area contributed by atoms with Crippen molar-refractivity contribution < 1.29 is 17.9 Å². The lowest BCUT2D eigenvalue weighted by Gasteiger charge is -2.07. The highest BCUT2D eigenvalue weighted by atomic mass is 32.2. The summed E-state index contributed by atoms with van der Waals surface area (Å²) in [5, 5.41) is 0. The number of Topliss-reactive ketones (excluding diaryl/α,β-unsaturated/α-hetero) is 1. The summed E-state index contributed by atoms with van der Waals surface area (Å²) in [5.74, 6) is -0.0564. The molecular formula is C14H28O4S. The van der Waals surface area contributed by atoms with Crippen LogP contribution in [0.4, 0.5) is 0 Å². The van der Waals surface area contributed by atoms with Gasteiger partial charge in [-0.3, -0.25) is 4.79 Å². The molecule has 0 aromatic rings. The van der Waals surface area contributed by atoms with Gasteiger partial charge >= 0.3 is 0 Å². The van der Waals surface area contributed by atoms with Gasteiger partial charge in [0.15, 0.2) is 9.84 Å². The largest absolute Gasteiger partial charge is 0.381 e. The maximum absolute atomic E-state index is 11.6. The molecule has 4 nitrogen and oxygen atoms in total. The summed E-state index contributed by atoms with van der Waals surface area (Å²) >= 11 is 0. The van der Waals surface area contributed by atoms with Crippen molar-refractivity contribution in [2.24, 2.45) is 11.8 Å². The Labute approximate surface area is 117 Å². The first kappa shape index (κ1) is 18.6. The Kier molecular flexibility index (Phi) is 9.27. The minimum atomic E-state index is -3.26. The topological polar surface area (TPSA) is 60.4 Å². The smallest absolute Gasteiger partial charge is 0.157 e. The molecule has 0 aliphatic carbocycles. The van der Waals surface area contributed by atoms with Gasteiger partial charge < -0.3 is 4.74 Å². The molecule has 0 bridgehead atoms. The third-order valence-corrected chi connectivity index (χ3v) is 4.46. The van der Waals surface area contributed by atoms with E-state index >= 15 is 0 Å². The molecule has 114 valence electrons. The van der Waals surface area contributed by atoms with Gasteiger partial charge in [0.25, 0.3) is 0 Å². The highest BCUT2D eigenvalue weighted by Crippen LogP contribution is 2.04. The maximum Gasteiger partial charge on any atom is 0.157 e. The van der Waals surface area contributed by atoms with Gasteiger partial charge in [-0.05, 0) is 25.2 Å². The first-order valence-electron chi connectivity index (χ1n) is 7.05. The van der Waals surface area contributed by atoms with E-state index in [0.717, 1.165) is 12.8 Å². The molecule has 0 rings (SSSR count). The summed E-state index contributed by atoms with van der Waals surface area (Å²) in [5.41, 5.74) is 0. The average molecular weight is 292 g/mol. The van der Waals surface area contributed by atoms with E-state index in [9.17, 15) is 13.2 Å². The Morgan fingerprint density at radius 1 is 1.05 bits per heavy atom. The number of hydrogen-bond donors (Lipinski definition) is 0. The zero-order chi connectivity index (χ0) is 14.9. The van der Waals surface area contributed by atoms with E-state index < -0.39 is 9.84 Å². The van der Waals surface area contributed by atoms with Crippen LogP contribution in [0.1, 0.15) is 47.0 Å². The van der Waals surface area contributed by atoms with Gasteiger partial charge in [-0.2, -0.15) is 0 Å². The predicted molar refractivity (Wildman–Crippen MR) is 78.0 cm³/mol. The quantitative estimate of drug-likeness (QED) is 0.549. The van der Waals surface area contributed by atoms with E-state index in [1.165, 1.54) is 0 Å². The molecule has 0 heterocycles. The van der Waals surface area contributed by atoms with Crippen LogP contribution in [0, 0.1) is 11.8 Å². The van der Waals surface area contributed by atoms with Gasteiger partial charge in [0, 0.05) is 19.1 Å². The minimum Gasteiger partial charge on any atom is -0.381 e. The number of rotatable bonds is 11. The molecule has 0 spiro atoms. The molecule has 0 amide bonds. The minimum absolute atomic E-state index is 0.0373. The van der Waals surface area contributed by atoms with E-state index in [1.54, 1.807) is 13.8 Å². The lowest BCUT2D eigenvalue weighted by Crippen LogP contribution is -2.23. The van der Waals surface area contributed by atoms with Crippen molar-refractivity contribution in [3.05, 3.63) is 0 Å². The predicted octanol–water partition coefficient (Wildman–Crippen LogP) is 2.47. The van der Waals surface area contributed by atoms with Crippen LogP contribution in [0.3, 0.4) is 0 Å². The van der Waals surface area contributed by atoms with Crippen LogP contribution in [0.5, 0.6) is 0 Å². The maximum atomic E-state index is 11.6. The van der Waals surface area contributed by atoms with E-state index in [4.69, 9.17) is 4.74 Å². The number of ketones is 1. The molecule has 0 unspecified atom stereocenters. The van der Waals surface area contributed by atoms with Crippen molar-refractivity contribution >= 4 is 15.6 Å². The monoisotopic (exact) mass is 292 g/mol. The van der Waals surface area contributed by atoms with Gasteiger partial charge in [-0.25, -0.2) is 8.42 Å². The van der Waals surface area contributed by atoms with Crippen LogP contribution in [0.25, 0.3) is 0 Å². The fourth-order valence-corrected chi connectivity index (χ4v) is 3.00. The van der Waals surface area contributed by atoms with Gasteiger partial charge in [0.2, 0.25) is 0 Å². The van der Waals surface area contributed by atoms with Gasteiger partial charge in [-0.15, -0.1) is 0 Å². The van der Waals surface area contributed by atoms with Gasteiger partial charge in [-0.1, -0.05) is 27.7 Å². The standard InChI is InChI=1S/C14H28O4S/c1-12(2)7-5-8-18-9-6-10-19(16,17)11-14(15)13(3)4/h12-13H,5-11H2,1-4H3. The summed E-state index contributed by atoms with van der Waals surface area (Å²) in [7, 11) is -3.26. The summed E-state index contributed by atoms with van der Waals surface area (Å²) in [6, 6.07) is 0. The molecule has 0 atom stereocenters. The Bertz CT molecular complexity index is 344. The second-order valence-electron chi connectivity index (χ2n) is 5.72. The molecule has 0 aromatic carbocycles. The van der Waals surface area contributed by atoms with Crippen LogP contribution in [0.15, 0.2) is 0 Å². The third kappa shape index (κ3) is 11.1. The lowest BCUT2D eigenvalue weighted by atomic mass is 10.1. The molecule has 19 heavy (non-hydrogen) atoms. The van der Waals surface area contributed by atoms with Crippen LogP contribution in [-0.2, 0) is 19.4 Å². The highest BCUT2D eigenvalue weighted by Gasteiger charge is 2.18. The van der Waals surface area contributed by atoms with Crippen LogP contribution in [-0.4, -0.2) is 38.9 Å². The molecule has 5 heteroatoms. The zero-order valence-corrected chi connectivity index (χ0v) is 13.5. The van der Waals surface area contributed by atoms with Crippen LogP contribution < -0.4 is 0 Å². The summed E-state index contributed by atoms with van der Waals surface area (Å²) in [6.07, 6.45) is 2.60. The van der Waals surface area contributed by atoms with Crippen molar-refractivity contribution in [3.63, 3.8) is 0 Å². The number of carbonyl (C=O) groups is 1. The van der Waals surface area contributed by atoms with Crippen molar-refractivity contribution in [1.29, 1.82) is 0 Å². The Balaban J connectivity index is 3.68. The van der Waals surface area contributed by atoms with Gasteiger partial charge in [0.1, 0.15) is 11.5 Å². The number of hydrogen-bond acceptors (Lipinski definition) is 4. The molecule has 0 N–H and O–H groups in total. The number of carbonyl (C=O) groups excluding carboxylic acids is 1. The molecule has 0 aromatic heterocycles. The Morgan fingerprint density at radius 2 is 1.63 bits per heavy atom. The van der Waals surface area contributed by atoms with E-state index in [-0.39, 0.29) is 23.2 Å². The summed E-state index contributed by atoms with van der Waals surface area (Å²) in [6.45, 7) is 8.90. The molecule has 0 radical (unpaired) electrons. The highest BCUT2D eigenvalue weighted by molar-refractivity contribution is 7.92. The lowest BCUT2D eigenvalue weighted by molar-refractivity contribution is -0.119. The Hall–Kier alpha value is -0.420. The van der Waals surface area contributed by atoms with Crippen molar-refractivity contribution in [1.82, 2.24) is 0 Å². The number of sulfone groups is 1. The number of ether oxygens (including phenoxy) is 1. The van der Waals surface area contributed by atoms with Crippen molar-refractivity contribution in [2.45, 2.75) is 47.0 Å². The SMILES string of the molecule is CC(C)CCCOCCCS(=O)(=O)CC(=O)C(C)C. The Morgan fingerprint density at radius 3 is 2.16 bits per heavy atom. The normalized spacial score (nSPS) is 12.3. The summed E-state index contributed by atoms with van der Waals surface area (Å²) in [4.78, 5) is 11.4. The average Bonchev–Trinajstić information content (AvgIpc) is 2.26. The first-order valence-corrected chi connectivity index (χ1v) is 8.87. The third-order valence-electron chi connectivity index (χ3n) is 2.82. The molecular weight excluding hydrogens is 264 g/mol. The van der Waals surface area contributed by atoms with Crippen LogP contribution in [0.2, 0.25) is 0 Å². The first-order chi connectivity index (χ1) is 8.74. The molecule has 0 aliphatic rings. The van der Waals surface area contributed by atoms with E-state index in [1.807, 2.05) is 0 Å². The van der Waals surface area contributed by atoms with Gasteiger partial charge in [0.05, 0.1) is 5.75 Å². The van der Waals surface area contributed by atoms with E-state index in [0.29, 0.717) is 25.6 Å². The fraction of sp³-hybridized carbons (Fsp3) is 0.929. The van der Waals surface area contributed by atoms with E-state index in [2.05, 4.69) is 13.8 Å². The zero-order valence-electron chi connectivity index (χ0n) is 12.6. The molecule has 0 saturated heterocycles. The summed E-state index contributed by atoms with van der Waals surface area (Å²) < 4.78 is 28.7. The molecule has 0 aliphatic heterocycles. The second-order valence-corrected chi connectivity index (χ2v) is 7.90. The van der Waals surface area contributed by atoms with Crippen LogP contribution >= 0.6 is 0 Å². The molecule has 0 saturated carbocycles.